The van der Waals surface area contributed by atoms with E-state index in [1.807, 2.05) is 0 Å². The lowest BCUT2D eigenvalue weighted by molar-refractivity contribution is -0.225. The third-order valence-corrected chi connectivity index (χ3v) is 2.59. The highest BCUT2D eigenvalue weighted by molar-refractivity contribution is 5.88. The van der Waals surface area contributed by atoms with E-state index in [1.165, 1.54) is 0 Å². The van der Waals surface area contributed by atoms with E-state index in [4.69, 9.17) is 5.73 Å². The monoisotopic (exact) mass is 308 g/mol. The zero-order valence-electron chi connectivity index (χ0n) is 10.0. The quantitative estimate of drug-likeness (QED) is 0.465. The first-order valence-electron chi connectivity index (χ1n) is 5.20. The van der Waals surface area contributed by atoms with Crippen molar-refractivity contribution in [1.82, 2.24) is 4.90 Å². The van der Waals surface area contributed by atoms with Crippen LogP contribution >= 0.6 is 0 Å². The van der Waals surface area contributed by atoms with Crippen LogP contribution in [0.3, 0.4) is 0 Å². The van der Waals surface area contributed by atoms with E-state index in [0.717, 1.165) is 0 Å². The Morgan fingerprint density at radius 2 is 1.60 bits per heavy atom. The Hall–Kier alpha value is -1.52. The molecule has 0 radical (unpaired) electrons. The van der Waals surface area contributed by atoms with Crippen LogP contribution in [0, 0.1) is 5.92 Å². The number of nitrogens with two attached hydrogens (primary N) is 1. The van der Waals surface area contributed by atoms with Gasteiger partial charge in [-0.1, -0.05) is 0 Å². The zero-order chi connectivity index (χ0) is 15.9. The SMILES string of the molecule is C[C@](N)(OC(=O)C(F)(F)F)C(=O)N1CC(C(F)(F)F)C1. The molecule has 20 heavy (non-hydrogen) atoms. The number of nitrogens with zero attached hydrogens (tertiary/aromatic N) is 1. The topological polar surface area (TPSA) is 72.6 Å². The third kappa shape index (κ3) is 3.52. The molecule has 0 aromatic rings. The largest absolute Gasteiger partial charge is 0.491 e. The first-order valence-corrected chi connectivity index (χ1v) is 5.20. The molecule has 11 heteroatoms. The van der Waals surface area contributed by atoms with Crippen molar-refractivity contribution in [1.29, 1.82) is 0 Å². The number of rotatable bonds is 2. The second-order valence-corrected chi connectivity index (χ2v) is 4.44. The van der Waals surface area contributed by atoms with Gasteiger partial charge in [0.15, 0.2) is 0 Å². The minimum Gasteiger partial charge on any atom is -0.428 e. The van der Waals surface area contributed by atoms with Crippen LogP contribution in [0.1, 0.15) is 6.92 Å². The minimum absolute atomic E-state index is 0.571. The Bertz CT molecular complexity index is 411. The van der Waals surface area contributed by atoms with Gasteiger partial charge in [-0.3, -0.25) is 10.5 Å². The van der Waals surface area contributed by atoms with Crippen molar-refractivity contribution in [2.24, 2.45) is 11.7 Å². The highest BCUT2D eigenvalue weighted by atomic mass is 19.4. The van der Waals surface area contributed by atoms with Gasteiger partial charge in [0, 0.05) is 13.1 Å². The van der Waals surface area contributed by atoms with Crippen LogP contribution in [-0.4, -0.2) is 47.9 Å². The summed E-state index contributed by atoms with van der Waals surface area (Å²) in [5.41, 5.74) is 2.43. The third-order valence-electron chi connectivity index (χ3n) is 2.59. The molecule has 1 fully saturated rings. The van der Waals surface area contributed by atoms with Gasteiger partial charge < -0.3 is 9.64 Å². The first kappa shape index (κ1) is 16.5. The number of hydrogen-bond acceptors (Lipinski definition) is 4. The number of halogens is 6. The normalized spacial score (nSPS) is 20.1. The number of carbonyl (C=O) groups excluding carboxylic acids is 2. The molecule has 1 aliphatic heterocycles. The van der Waals surface area contributed by atoms with E-state index >= 15 is 0 Å². The lowest BCUT2D eigenvalue weighted by Gasteiger charge is -2.42. The van der Waals surface area contributed by atoms with Gasteiger partial charge in [0.25, 0.3) is 5.91 Å². The second-order valence-electron chi connectivity index (χ2n) is 4.44. The summed E-state index contributed by atoms with van der Waals surface area (Å²) in [6.07, 6.45) is -9.87. The number of alkyl halides is 6. The van der Waals surface area contributed by atoms with Gasteiger partial charge in [-0.05, 0) is 6.92 Å². The van der Waals surface area contributed by atoms with Crippen molar-refractivity contribution in [3.63, 3.8) is 0 Å². The maximum absolute atomic E-state index is 12.2. The molecule has 1 aliphatic rings. The zero-order valence-corrected chi connectivity index (χ0v) is 10.0. The summed E-state index contributed by atoms with van der Waals surface area (Å²) in [6.45, 7) is -0.808. The average Bonchev–Trinajstić information content (AvgIpc) is 2.09. The molecule has 0 aromatic heterocycles. The van der Waals surface area contributed by atoms with Gasteiger partial charge in [-0.2, -0.15) is 26.3 Å². The Labute approximate surface area is 108 Å². The van der Waals surface area contributed by atoms with Gasteiger partial charge in [-0.25, -0.2) is 4.79 Å². The van der Waals surface area contributed by atoms with Crippen LogP contribution in [0.5, 0.6) is 0 Å². The molecule has 1 atom stereocenters. The molecule has 116 valence electrons. The van der Waals surface area contributed by atoms with Crippen molar-refractivity contribution in [2.45, 2.75) is 25.0 Å². The average molecular weight is 308 g/mol. The van der Waals surface area contributed by atoms with Crippen molar-refractivity contribution < 1.29 is 40.7 Å². The Morgan fingerprint density at radius 3 is 1.95 bits per heavy atom. The number of ether oxygens (including phenoxy) is 1. The number of hydrogen-bond donors (Lipinski definition) is 1. The van der Waals surface area contributed by atoms with Gasteiger partial charge in [0.1, 0.15) is 0 Å². The Kier molecular flexibility index (Phi) is 3.96. The van der Waals surface area contributed by atoms with Crippen LogP contribution in [0.2, 0.25) is 0 Å². The summed E-state index contributed by atoms with van der Waals surface area (Å²) in [5.74, 6) is -5.78. The minimum atomic E-state index is -5.36. The summed E-state index contributed by atoms with van der Waals surface area (Å²) >= 11 is 0. The van der Waals surface area contributed by atoms with Crippen molar-refractivity contribution in [3.05, 3.63) is 0 Å². The maximum atomic E-state index is 12.2. The lowest BCUT2D eigenvalue weighted by Crippen LogP contribution is -2.64. The van der Waals surface area contributed by atoms with E-state index in [9.17, 15) is 35.9 Å². The summed E-state index contributed by atoms with van der Waals surface area (Å²) in [7, 11) is 0. The molecule has 2 N–H and O–H groups in total. The van der Waals surface area contributed by atoms with E-state index in [0.29, 0.717) is 11.8 Å². The standard InChI is InChI=1S/C9H10F6N2O3/c1-7(16,20-6(19)9(13,14)15)5(18)17-2-4(3-17)8(10,11)12/h4H,2-3,16H2,1H3/t7-/m0/s1. The fraction of sp³-hybridized carbons (Fsp3) is 0.778. The lowest BCUT2D eigenvalue weighted by atomic mass is 9.98. The molecule has 0 unspecified atom stereocenters. The van der Waals surface area contributed by atoms with E-state index in [1.54, 1.807) is 0 Å². The fourth-order valence-corrected chi connectivity index (χ4v) is 1.46. The van der Waals surface area contributed by atoms with Gasteiger partial charge in [0.05, 0.1) is 5.92 Å². The summed E-state index contributed by atoms with van der Waals surface area (Å²) < 4.78 is 76.2. The summed E-state index contributed by atoms with van der Waals surface area (Å²) in [5, 5.41) is 0. The van der Waals surface area contributed by atoms with E-state index in [-0.39, 0.29) is 0 Å². The molecule has 0 bridgehead atoms. The van der Waals surface area contributed by atoms with Crippen LogP contribution in [-0.2, 0) is 14.3 Å². The van der Waals surface area contributed by atoms with Crippen LogP contribution in [0.4, 0.5) is 26.3 Å². The summed E-state index contributed by atoms with van der Waals surface area (Å²) in [4.78, 5) is 22.7. The summed E-state index contributed by atoms with van der Waals surface area (Å²) in [6, 6.07) is 0. The van der Waals surface area contributed by atoms with Crippen molar-refractivity contribution in [2.75, 3.05) is 13.1 Å². The fourth-order valence-electron chi connectivity index (χ4n) is 1.46. The Morgan fingerprint density at radius 1 is 1.15 bits per heavy atom. The molecule has 5 nitrogen and oxygen atoms in total. The highest BCUT2D eigenvalue weighted by Gasteiger charge is 2.53. The molecular weight excluding hydrogens is 298 g/mol. The molecule has 0 aliphatic carbocycles. The highest BCUT2D eigenvalue weighted by Crippen LogP contribution is 2.34. The number of amides is 1. The second kappa shape index (κ2) is 4.79. The number of likely N-dealkylation sites (tertiary alicyclic amines) is 1. The van der Waals surface area contributed by atoms with E-state index < -0.39 is 49.0 Å². The first-order chi connectivity index (χ1) is 8.75. The molecule has 1 rings (SSSR count). The number of esters is 1. The molecule has 1 heterocycles. The van der Waals surface area contributed by atoms with E-state index in [2.05, 4.69) is 4.74 Å². The number of carbonyl (C=O) groups is 2. The molecule has 0 spiro atoms. The molecule has 1 saturated heterocycles. The molecular formula is C9H10F6N2O3. The smallest absolute Gasteiger partial charge is 0.428 e. The van der Waals surface area contributed by atoms with Gasteiger partial charge in [0.2, 0.25) is 5.72 Å². The Balaban J connectivity index is 2.62. The van der Waals surface area contributed by atoms with Crippen molar-refractivity contribution in [3.8, 4) is 0 Å². The van der Waals surface area contributed by atoms with Gasteiger partial charge in [-0.15, -0.1) is 0 Å². The van der Waals surface area contributed by atoms with Crippen LogP contribution in [0.15, 0.2) is 0 Å². The van der Waals surface area contributed by atoms with Gasteiger partial charge >= 0.3 is 18.3 Å². The predicted molar refractivity (Wildman–Crippen MR) is 50.9 cm³/mol. The van der Waals surface area contributed by atoms with Crippen LogP contribution < -0.4 is 5.73 Å². The maximum Gasteiger partial charge on any atom is 0.491 e. The molecule has 0 saturated carbocycles. The molecule has 1 amide bonds. The molecule has 0 aromatic carbocycles. The predicted octanol–water partition coefficient (Wildman–Crippen LogP) is 0.787. The van der Waals surface area contributed by atoms with Crippen LogP contribution in [0.25, 0.3) is 0 Å². The van der Waals surface area contributed by atoms with Crippen molar-refractivity contribution >= 4 is 11.9 Å².